The van der Waals surface area contributed by atoms with Crippen LogP contribution >= 0.6 is 34.3 Å². The lowest BCUT2D eigenvalue weighted by Crippen LogP contribution is -2.47. The summed E-state index contributed by atoms with van der Waals surface area (Å²) in [6, 6.07) is 12.7. The second-order valence-electron chi connectivity index (χ2n) is 19.0. The van der Waals surface area contributed by atoms with Gasteiger partial charge in [-0.15, -0.1) is 0 Å². The zero-order chi connectivity index (χ0) is 57.2. The fourth-order valence-corrected chi connectivity index (χ4v) is 10.1. The Hall–Kier alpha value is -6.68. The number of nitriles is 2. The molecule has 27 nitrogen and oxygen atoms in total. The van der Waals surface area contributed by atoms with Crippen molar-refractivity contribution in [2.75, 3.05) is 89.2 Å². The quantitative estimate of drug-likeness (QED) is 0.0584. The number of hydrogen-bond acceptors (Lipinski definition) is 29. The van der Waals surface area contributed by atoms with Crippen LogP contribution in [-0.2, 0) is 0 Å². The minimum absolute atomic E-state index is 0.292. The maximum absolute atomic E-state index is 9.41. The number of hydrogen-bond donors (Lipinski definition) is 12. The van der Waals surface area contributed by atoms with Crippen LogP contribution in [0.3, 0.4) is 0 Å². The lowest BCUT2D eigenvalue weighted by Gasteiger charge is -2.33. The van der Waals surface area contributed by atoms with Gasteiger partial charge in [0.05, 0.1) is 12.4 Å². The molecule has 0 unspecified atom stereocenters. The minimum atomic E-state index is -0.479. The lowest BCUT2D eigenvalue weighted by atomic mass is 9.85. The van der Waals surface area contributed by atoms with Crippen LogP contribution in [-0.4, -0.2) is 163 Å². The first-order chi connectivity index (χ1) is 38.6. The van der Waals surface area contributed by atoms with E-state index in [9.17, 15) is 10.0 Å². The van der Waals surface area contributed by atoms with Crippen molar-refractivity contribution in [3.05, 3.63) is 76.9 Å². The number of halogens is 1. The van der Waals surface area contributed by atoms with Crippen LogP contribution < -0.4 is 63.5 Å². The van der Waals surface area contributed by atoms with Crippen LogP contribution in [0.1, 0.15) is 61.1 Å². The molecule has 0 bridgehead atoms. The summed E-state index contributed by atoms with van der Waals surface area (Å²) < 4.78 is 0. The third-order valence-corrected chi connectivity index (χ3v) is 14.4. The van der Waals surface area contributed by atoms with Crippen molar-refractivity contribution in [3.63, 3.8) is 0 Å². The number of anilines is 9. The topological polar surface area (TPSA) is 397 Å². The van der Waals surface area contributed by atoms with Gasteiger partial charge < -0.3 is 78.6 Å². The average molecular weight is 1150 g/mol. The molecule has 4 aliphatic heterocycles. The second-order valence-corrected chi connectivity index (χ2v) is 21.5. The Morgan fingerprint density at radius 1 is 0.550 bits per heavy atom. The maximum atomic E-state index is 9.41. The van der Waals surface area contributed by atoms with Crippen molar-refractivity contribution in [1.82, 2.24) is 70.8 Å². The van der Waals surface area contributed by atoms with Crippen LogP contribution in [0.25, 0.3) is 0 Å². The Bertz CT molecular complexity index is 2820. The smallest absolute Gasteiger partial charge is 0.373 e. The van der Waals surface area contributed by atoms with Gasteiger partial charge in [-0.1, -0.05) is 34.3 Å². The van der Waals surface area contributed by atoms with Crippen molar-refractivity contribution in [2.24, 2.45) is 5.73 Å². The van der Waals surface area contributed by atoms with Gasteiger partial charge >= 0.3 is 21.2 Å². The van der Waals surface area contributed by atoms with E-state index in [0.717, 1.165) is 121 Å². The lowest BCUT2D eigenvalue weighted by molar-refractivity contribution is 0.413. The summed E-state index contributed by atoms with van der Waals surface area (Å²) in [5.74, 6) is 4.85. The predicted molar refractivity (Wildman–Crippen MR) is 319 cm³/mol. The Kier molecular flexibility index (Phi) is 25.9. The molecule has 15 N–H and O–H groups in total. The molecule has 0 radical (unpaired) electrons. The van der Waals surface area contributed by atoms with Gasteiger partial charge in [-0.25, -0.2) is 49.8 Å². The summed E-state index contributed by atoms with van der Waals surface area (Å²) in [6.07, 6.45) is 17.1. The molecular formula is C47H70B3ClN24O3S2. The zero-order valence-corrected chi connectivity index (χ0v) is 47.5. The largest absolute Gasteiger partial charge is 0.437 e. The number of nitrogens with one attached hydrogen (secondary N) is 6. The molecule has 10 rings (SSSR count). The number of nitrogen functional groups attached to an aromatic ring is 2. The summed E-state index contributed by atoms with van der Waals surface area (Å²) in [7, 11) is -1.28. The van der Waals surface area contributed by atoms with Crippen molar-refractivity contribution >= 4 is 106 Å². The number of thiazole rings is 2. The van der Waals surface area contributed by atoms with Gasteiger partial charge in [-0.05, 0) is 84.9 Å². The highest BCUT2D eigenvalue weighted by Gasteiger charge is 2.24. The van der Waals surface area contributed by atoms with E-state index in [4.69, 9.17) is 44.3 Å². The SMILES string of the molecule is CB(O)NC1CCN(c2cc(N)ncn2)CC1.CB(O)NC1CCN(c2cc(Nc3ncc(C#N)s3)ncn2)CC1.CB(O)NC1CCNCC1.N#Cc1cnc(Nc2cc(N3CCC(N)CC3)ncn2)s1.Nc1cc(Cl)ncn1. The van der Waals surface area contributed by atoms with Crippen LogP contribution in [0.4, 0.5) is 51.0 Å². The van der Waals surface area contributed by atoms with Gasteiger partial charge in [-0.2, -0.15) is 10.5 Å². The number of aromatic nitrogens is 10. The Morgan fingerprint density at radius 3 is 1.29 bits per heavy atom. The summed E-state index contributed by atoms with van der Waals surface area (Å²) in [5.41, 5.74) is 16.8. The van der Waals surface area contributed by atoms with Gasteiger partial charge in [0.15, 0.2) is 10.3 Å². The first-order valence-electron chi connectivity index (χ1n) is 26.3. The normalized spacial score (nSPS) is 15.8. The highest BCUT2D eigenvalue weighted by molar-refractivity contribution is 7.16. The van der Waals surface area contributed by atoms with E-state index < -0.39 is 14.1 Å². The number of rotatable bonds is 13. The maximum Gasteiger partial charge on any atom is 0.373 e. The van der Waals surface area contributed by atoms with E-state index in [1.807, 2.05) is 12.1 Å². The fourth-order valence-electron chi connectivity index (χ4n) is 8.74. The first kappa shape index (κ1) is 62.5. The monoisotopic (exact) mass is 1150 g/mol. The molecule has 4 saturated heterocycles. The van der Waals surface area contributed by atoms with Crippen LogP contribution in [0.5, 0.6) is 0 Å². The van der Waals surface area contributed by atoms with Crippen molar-refractivity contribution < 1.29 is 15.1 Å². The molecule has 4 fully saturated rings. The Labute approximate surface area is 480 Å². The third-order valence-electron chi connectivity index (χ3n) is 12.6. The molecule has 0 amide bonds. The van der Waals surface area contributed by atoms with Gasteiger partial charge in [0, 0.05) is 87.7 Å². The van der Waals surface area contributed by atoms with E-state index >= 15 is 0 Å². The van der Waals surface area contributed by atoms with E-state index in [1.54, 1.807) is 32.7 Å². The second kappa shape index (κ2) is 33.2. The Morgan fingerprint density at radius 2 is 0.925 bits per heavy atom. The minimum Gasteiger partial charge on any atom is -0.437 e. The number of piperidine rings is 4. The molecule has 80 heavy (non-hydrogen) atoms. The molecule has 10 heterocycles. The average Bonchev–Trinajstić information content (AvgIpc) is 4.11. The highest BCUT2D eigenvalue weighted by Crippen LogP contribution is 2.26. The molecular weight excluding hydrogens is 1080 g/mol. The molecule has 33 heteroatoms. The van der Waals surface area contributed by atoms with Gasteiger partial charge in [-0.3, -0.25) is 0 Å². The molecule has 0 aromatic carbocycles. The van der Waals surface area contributed by atoms with Crippen molar-refractivity contribution in [2.45, 2.75) is 96.0 Å². The highest BCUT2D eigenvalue weighted by atomic mass is 35.5. The van der Waals surface area contributed by atoms with E-state index in [1.165, 1.54) is 60.2 Å². The molecule has 6 aromatic heterocycles. The van der Waals surface area contributed by atoms with Crippen molar-refractivity contribution in [1.29, 1.82) is 10.5 Å². The molecule has 6 aromatic rings. The molecule has 4 aliphatic rings. The Balaban J connectivity index is 0.000000169. The molecule has 0 aliphatic carbocycles. The first-order valence-corrected chi connectivity index (χ1v) is 28.4. The van der Waals surface area contributed by atoms with E-state index in [-0.39, 0.29) is 7.05 Å². The van der Waals surface area contributed by atoms with E-state index in [2.05, 4.69) is 108 Å². The zero-order valence-electron chi connectivity index (χ0n) is 45.1. The predicted octanol–water partition coefficient (Wildman–Crippen LogP) is 2.57. The summed E-state index contributed by atoms with van der Waals surface area (Å²) >= 11 is 8.00. The fraction of sp³-hybridized carbons (Fsp3) is 0.489. The molecule has 0 atom stereocenters. The van der Waals surface area contributed by atoms with Gasteiger partial charge in [0.2, 0.25) is 0 Å². The van der Waals surface area contributed by atoms with Crippen molar-refractivity contribution in [3.8, 4) is 12.1 Å². The third kappa shape index (κ3) is 22.5. The van der Waals surface area contributed by atoms with Gasteiger partial charge in [0.25, 0.3) is 0 Å². The summed E-state index contributed by atoms with van der Waals surface area (Å²) in [4.78, 5) is 48.4. The summed E-state index contributed by atoms with van der Waals surface area (Å²) in [6.45, 7) is 12.8. The summed E-state index contributed by atoms with van der Waals surface area (Å²) in [5, 5.41) is 65.8. The number of nitrogens with zero attached hydrogens (tertiary/aromatic N) is 15. The van der Waals surface area contributed by atoms with Crippen LogP contribution in [0.15, 0.2) is 62.0 Å². The van der Waals surface area contributed by atoms with Crippen LogP contribution in [0, 0.1) is 22.7 Å². The standard InChI is InChI=1S/C14H18BN7OS.C13H15N7S.C10H18BN5O.C6H15BN2O.C4H4ClN3/c1-15(23)21-10-2-4-22(5-3-10)13-6-12(18-9-19-13)20-14-17-8-11(7-16)24-14;14-6-10-7-16-13(21-10)19-11-5-12(18-8-17-11)20-3-1-9(15)2-4-20;1-11(17)15-8-2-4-16(5-3-8)10-6-9(12)13-7-14-10;1-7(10)9-6-2-4-8-5-3-6;5-3-1-4(6)8-2-7-3/h6,8-10,21,23H,2-5H2,1H3,(H,17,18,19,20);5,7-9H,1-4,15H2,(H,16,17,18,19);6-8,15,17H,2-5H2,1H3,(H2,12,13,14);6,8-10H,2-5H2,1H3;1-2H,(H2,6,7,8). The van der Waals surface area contributed by atoms with E-state index in [0.29, 0.717) is 72.6 Å². The number of nitrogens with two attached hydrogens (primary N) is 3. The molecule has 0 spiro atoms. The van der Waals surface area contributed by atoms with Gasteiger partial charge in [0.1, 0.15) is 93.1 Å². The molecule has 424 valence electrons. The van der Waals surface area contributed by atoms with Crippen LogP contribution in [0.2, 0.25) is 25.6 Å². The molecule has 0 saturated carbocycles.